The Bertz CT molecular complexity index is 381. The van der Waals surface area contributed by atoms with E-state index in [0.717, 1.165) is 18.8 Å². The lowest BCUT2D eigenvalue weighted by atomic mass is 10.1. The summed E-state index contributed by atoms with van der Waals surface area (Å²) < 4.78 is 1.20. The zero-order chi connectivity index (χ0) is 12.3. The largest absolute Gasteiger partial charge is 0.399 e. The van der Waals surface area contributed by atoms with E-state index < -0.39 is 0 Å². The average molecular weight is 345 g/mol. The number of hydrogen-bond acceptors (Lipinski definition) is 3. The molecule has 3 N–H and O–H groups in total. The number of halogens is 1. The molecule has 17 heavy (non-hydrogen) atoms. The van der Waals surface area contributed by atoms with Crippen molar-refractivity contribution in [3.8, 4) is 0 Å². The summed E-state index contributed by atoms with van der Waals surface area (Å²) in [6.45, 7) is 5.77. The molecule has 1 saturated heterocycles. The minimum absolute atomic E-state index is 0.570. The molecule has 0 amide bonds. The molecule has 0 saturated carbocycles. The molecule has 1 atom stereocenters. The quantitative estimate of drug-likeness (QED) is 0.654. The van der Waals surface area contributed by atoms with Crippen molar-refractivity contribution < 1.29 is 0 Å². The first-order valence-corrected chi connectivity index (χ1v) is 7.31. The van der Waals surface area contributed by atoms with Crippen LogP contribution in [0.4, 0.5) is 11.4 Å². The van der Waals surface area contributed by atoms with Gasteiger partial charge in [-0.25, -0.2) is 0 Å². The molecule has 0 aliphatic carbocycles. The minimum Gasteiger partial charge on any atom is -0.399 e. The van der Waals surface area contributed by atoms with Gasteiger partial charge in [0.15, 0.2) is 0 Å². The lowest BCUT2D eigenvalue weighted by molar-refractivity contribution is 0.227. The van der Waals surface area contributed by atoms with Gasteiger partial charge in [-0.1, -0.05) is 6.92 Å². The van der Waals surface area contributed by atoms with Crippen LogP contribution in [-0.4, -0.2) is 30.6 Å². The number of nitrogens with one attached hydrogen (secondary N) is 1. The summed E-state index contributed by atoms with van der Waals surface area (Å²) in [5.74, 6) is 0. The number of piperidine rings is 1. The first kappa shape index (κ1) is 13.0. The van der Waals surface area contributed by atoms with Crippen molar-refractivity contribution in [1.29, 1.82) is 0 Å². The van der Waals surface area contributed by atoms with Crippen molar-refractivity contribution in [1.82, 2.24) is 4.90 Å². The second kappa shape index (κ2) is 5.91. The van der Waals surface area contributed by atoms with Crippen molar-refractivity contribution in [2.24, 2.45) is 0 Å². The topological polar surface area (TPSA) is 41.3 Å². The van der Waals surface area contributed by atoms with E-state index in [9.17, 15) is 0 Å². The molecule has 1 aromatic rings. The Hall–Kier alpha value is -0.490. The molecule has 0 radical (unpaired) electrons. The fourth-order valence-corrected chi connectivity index (χ4v) is 3.02. The van der Waals surface area contributed by atoms with Crippen LogP contribution in [0.3, 0.4) is 0 Å². The molecule has 4 heteroatoms. The number of hydrogen-bond donors (Lipinski definition) is 2. The van der Waals surface area contributed by atoms with Gasteiger partial charge in [-0.05, 0) is 66.7 Å². The number of rotatable bonds is 3. The zero-order valence-corrected chi connectivity index (χ0v) is 12.4. The summed E-state index contributed by atoms with van der Waals surface area (Å²) in [7, 11) is 0. The Morgan fingerprint density at radius 1 is 1.53 bits per heavy atom. The first-order chi connectivity index (χ1) is 8.19. The number of likely N-dealkylation sites (tertiary alicyclic amines) is 1. The average Bonchev–Trinajstić information content (AvgIpc) is 2.33. The number of nitrogens with zero attached hydrogens (tertiary/aromatic N) is 1. The monoisotopic (exact) mass is 345 g/mol. The molecular weight excluding hydrogens is 325 g/mol. The third-order valence-electron chi connectivity index (χ3n) is 3.31. The van der Waals surface area contributed by atoms with Crippen molar-refractivity contribution in [3.63, 3.8) is 0 Å². The van der Waals surface area contributed by atoms with E-state index in [1.807, 2.05) is 12.1 Å². The maximum atomic E-state index is 5.76. The van der Waals surface area contributed by atoms with Gasteiger partial charge in [0, 0.05) is 27.5 Å². The smallest absolute Gasteiger partial charge is 0.0479 e. The van der Waals surface area contributed by atoms with Crippen LogP contribution in [0.15, 0.2) is 18.2 Å². The molecule has 94 valence electrons. The highest BCUT2D eigenvalue weighted by Gasteiger charge is 2.18. The maximum Gasteiger partial charge on any atom is 0.0479 e. The molecule has 0 spiro atoms. The summed E-state index contributed by atoms with van der Waals surface area (Å²) in [6, 6.07) is 6.64. The Labute approximate surface area is 117 Å². The Morgan fingerprint density at radius 3 is 3.06 bits per heavy atom. The normalized spacial score (nSPS) is 21.4. The van der Waals surface area contributed by atoms with Crippen molar-refractivity contribution >= 4 is 34.0 Å². The van der Waals surface area contributed by atoms with Gasteiger partial charge in [-0.3, -0.25) is 0 Å². The molecule has 1 unspecified atom stereocenters. The Morgan fingerprint density at radius 2 is 2.35 bits per heavy atom. The molecular formula is C13H20IN3. The summed E-state index contributed by atoms with van der Waals surface area (Å²) in [4.78, 5) is 2.51. The van der Waals surface area contributed by atoms with E-state index in [0.29, 0.717) is 6.04 Å². The Balaban J connectivity index is 2.00. The molecule has 0 bridgehead atoms. The zero-order valence-electron chi connectivity index (χ0n) is 10.2. The van der Waals surface area contributed by atoms with Crippen molar-refractivity contribution in [2.75, 3.05) is 30.7 Å². The highest BCUT2D eigenvalue weighted by molar-refractivity contribution is 14.1. The third-order valence-corrected chi connectivity index (χ3v) is 4.20. The van der Waals surface area contributed by atoms with E-state index >= 15 is 0 Å². The molecule has 1 heterocycles. The van der Waals surface area contributed by atoms with Gasteiger partial charge >= 0.3 is 0 Å². The molecule has 1 fully saturated rings. The molecule has 0 aromatic heterocycles. The summed E-state index contributed by atoms with van der Waals surface area (Å²) in [6.07, 6.45) is 2.55. The summed E-state index contributed by atoms with van der Waals surface area (Å²) in [5.41, 5.74) is 7.81. The van der Waals surface area contributed by atoms with Crippen molar-refractivity contribution in [2.45, 2.75) is 25.8 Å². The fourth-order valence-electron chi connectivity index (χ4n) is 2.33. The fraction of sp³-hybridized carbons (Fsp3) is 0.538. The third kappa shape index (κ3) is 3.48. The molecule has 1 aromatic carbocycles. The standard InChI is InChI=1S/C13H20IN3/c1-2-17-7-3-4-11(9-17)16-13-6-5-10(15)8-12(13)14/h5-6,8,11,16H,2-4,7,9,15H2,1H3. The SMILES string of the molecule is CCN1CCCC(Nc2ccc(N)cc2I)C1. The van der Waals surface area contributed by atoms with Crippen LogP contribution in [0.1, 0.15) is 19.8 Å². The van der Waals surface area contributed by atoms with E-state index in [1.165, 1.54) is 28.6 Å². The molecule has 1 aliphatic rings. The van der Waals surface area contributed by atoms with Crippen LogP contribution in [0.5, 0.6) is 0 Å². The van der Waals surface area contributed by atoms with Crippen LogP contribution in [-0.2, 0) is 0 Å². The lowest BCUT2D eigenvalue weighted by Gasteiger charge is -2.33. The van der Waals surface area contributed by atoms with Crippen LogP contribution in [0.2, 0.25) is 0 Å². The molecule has 2 rings (SSSR count). The van der Waals surface area contributed by atoms with Gasteiger partial charge < -0.3 is 16.0 Å². The van der Waals surface area contributed by atoms with E-state index in [2.05, 4.69) is 45.8 Å². The highest BCUT2D eigenvalue weighted by atomic mass is 127. The van der Waals surface area contributed by atoms with Crippen LogP contribution in [0.25, 0.3) is 0 Å². The van der Waals surface area contributed by atoms with Gasteiger partial charge in [0.25, 0.3) is 0 Å². The minimum atomic E-state index is 0.570. The second-order valence-corrected chi connectivity index (χ2v) is 5.78. The number of benzene rings is 1. The van der Waals surface area contributed by atoms with Crippen LogP contribution < -0.4 is 11.1 Å². The van der Waals surface area contributed by atoms with Gasteiger partial charge in [0.1, 0.15) is 0 Å². The number of nitrogens with two attached hydrogens (primary N) is 1. The maximum absolute atomic E-state index is 5.76. The summed E-state index contributed by atoms with van der Waals surface area (Å²) >= 11 is 2.34. The van der Waals surface area contributed by atoms with Crippen LogP contribution in [0, 0.1) is 3.57 Å². The van der Waals surface area contributed by atoms with Crippen molar-refractivity contribution in [3.05, 3.63) is 21.8 Å². The van der Waals surface area contributed by atoms with E-state index in [1.54, 1.807) is 0 Å². The Kier molecular flexibility index (Phi) is 4.50. The lowest BCUT2D eigenvalue weighted by Crippen LogP contribution is -2.41. The van der Waals surface area contributed by atoms with Gasteiger partial charge in [-0.2, -0.15) is 0 Å². The number of nitrogen functional groups attached to an aromatic ring is 1. The number of likely N-dealkylation sites (N-methyl/N-ethyl adjacent to an activating group) is 1. The molecule has 1 aliphatic heterocycles. The van der Waals surface area contributed by atoms with Gasteiger partial charge in [0.05, 0.1) is 0 Å². The second-order valence-electron chi connectivity index (χ2n) is 4.62. The van der Waals surface area contributed by atoms with E-state index in [-0.39, 0.29) is 0 Å². The van der Waals surface area contributed by atoms with Gasteiger partial charge in [0.2, 0.25) is 0 Å². The van der Waals surface area contributed by atoms with Gasteiger partial charge in [-0.15, -0.1) is 0 Å². The predicted molar refractivity (Wildman–Crippen MR) is 82.3 cm³/mol. The number of anilines is 2. The first-order valence-electron chi connectivity index (χ1n) is 6.23. The molecule has 3 nitrogen and oxygen atoms in total. The van der Waals surface area contributed by atoms with E-state index in [4.69, 9.17) is 5.73 Å². The van der Waals surface area contributed by atoms with Crippen LogP contribution >= 0.6 is 22.6 Å². The summed E-state index contributed by atoms with van der Waals surface area (Å²) in [5, 5.41) is 3.64. The highest BCUT2D eigenvalue weighted by Crippen LogP contribution is 2.23. The predicted octanol–water partition coefficient (Wildman–Crippen LogP) is 2.77.